The molecule has 1 aromatic heterocycles. The van der Waals surface area contributed by atoms with Crippen molar-refractivity contribution in [1.29, 1.82) is 0 Å². The first-order valence-corrected chi connectivity index (χ1v) is 21.9. The van der Waals surface area contributed by atoms with Gasteiger partial charge in [-0.2, -0.15) is 0 Å². The van der Waals surface area contributed by atoms with Crippen LogP contribution in [0.1, 0.15) is 25.0 Å². The maximum atomic E-state index is 6.86. The minimum absolute atomic E-state index is 0.175. The number of anilines is 3. The molecule has 296 valence electrons. The number of hydrogen-bond donors (Lipinski definition) is 0. The first-order chi connectivity index (χ1) is 31.0. The minimum atomic E-state index is -0.175. The largest absolute Gasteiger partial charge is 0.455 e. The molecule has 0 saturated heterocycles. The van der Waals surface area contributed by atoms with Crippen molar-refractivity contribution >= 4 is 82.1 Å². The topological polar surface area (TPSA) is 16.4 Å². The lowest BCUT2D eigenvalue weighted by Gasteiger charge is -2.32. The summed E-state index contributed by atoms with van der Waals surface area (Å²) in [7, 11) is 0. The second-order valence-electron chi connectivity index (χ2n) is 17.6. The average Bonchev–Trinajstić information content (AvgIpc) is 3.83. The Hall–Kier alpha value is -7.94. The number of rotatable bonds is 5. The second-order valence-corrected chi connectivity index (χ2v) is 17.6. The zero-order valence-corrected chi connectivity index (χ0v) is 35.1. The van der Waals surface area contributed by atoms with Gasteiger partial charge in [-0.05, 0) is 114 Å². The van der Waals surface area contributed by atoms with E-state index in [9.17, 15) is 0 Å². The van der Waals surface area contributed by atoms with Crippen molar-refractivity contribution in [3.05, 3.63) is 223 Å². The highest BCUT2D eigenvalue weighted by atomic mass is 16.3. The van der Waals surface area contributed by atoms with Crippen molar-refractivity contribution in [2.75, 3.05) is 4.90 Å². The van der Waals surface area contributed by atoms with E-state index < -0.39 is 0 Å². The van der Waals surface area contributed by atoms with Crippen LogP contribution in [0.3, 0.4) is 0 Å². The van der Waals surface area contributed by atoms with Gasteiger partial charge in [-0.1, -0.05) is 184 Å². The minimum Gasteiger partial charge on any atom is -0.455 e. The van der Waals surface area contributed by atoms with Crippen LogP contribution in [0.25, 0.3) is 98.4 Å². The van der Waals surface area contributed by atoms with Gasteiger partial charge in [-0.15, -0.1) is 0 Å². The number of benzene rings is 11. The highest BCUT2D eigenvalue weighted by Gasteiger charge is 2.36. The third-order valence-electron chi connectivity index (χ3n) is 13.8. The fourth-order valence-corrected chi connectivity index (χ4v) is 10.8. The van der Waals surface area contributed by atoms with E-state index in [1.807, 2.05) is 0 Å². The lowest BCUT2D eigenvalue weighted by molar-refractivity contribution is 0.660. The van der Waals surface area contributed by atoms with E-state index in [2.05, 4.69) is 231 Å². The molecule has 0 bridgehead atoms. The summed E-state index contributed by atoms with van der Waals surface area (Å²) in [5, 5.41) is 11.9. The molecule has 2 nitrogen and oxygen atoms in total. The smallest absolute Gasteiger partial charge is 0.143 e. The third kappa shape index (κ3) is 5.31. The molecular formula is C61H41NO. The van der Waals surface area contributed by atoms with Crippen LogP contribution in [0.5, 0.6) is 0 Å². The lowest BCUT2D eigenvalue weighted by atomic mass is 9.82. The van der Waals surface area contributed by atoms with Crippen LogP contribution in [0.4, 0.5) is 17.1 Å². The molecule has 2 heteroatoms. The Labute approximate surface area is 365 Å². The van der Waals surface area contributed by atoms with Gasteiger partial charge >= 0.3 is 0 Å². The summed E-state index contributed by atoms with van der Waals surface area (Å²) in [6, 6.07) is 78.1. The summed E-state index contributed by atoms with van der Waals surface area (Å²) >= 11 is 0. The molecule has 1 aliphatic rings. The quantitative estimate of drug-likeness (QED) is 0.161. The van der Waals surface area contributed by atoms with Gasteiger partial charge in [0.05, 0.1) is 5.69 Å². The fourth-order valence-electron chi connectivity index (χ4n) is 10.8. The van der Waals surface area contributed by atoms with Crippen molar-refractivity contribution in [2.24, 2.45) is 0 Å². The Morgan fingerprint density at radius 1 is 0.365 bits per heavy atom. The van der Waals surface area contributed by atoms with Gasteiger partial charge in [0.15, 0.2) is 0 Å². The van der Waals surface area contributed by atoms with Crippen LogP contribution in [-0.2, 0) is 5.41 Å². The molecule has 0 unspecified atom stereocenters. The highest BCUT2D eigenvalue weighted by molar-refractivity contribution is 6.30. The van der Waals surface area contributed by atoms with E-state index in [1.165, 1.54) is 71.1 Å². The molecule has 11 aromatic carbocycles. The molecule has 0 N–H and O–H groups in total. The molecule has 12 aromatic rings. The number of furan rings is 1. The van der Waals surface area contributed by atoms with E-state index in [1.54, 1.807) is 0 Å². The van der Waals surface area contributed by atoms with E-state index in [-0.39, 0.29) is 5.41 Å². The maximum Gasteiger partial charge on any atom is 0.143 e. The van der Waals surface area contributed by atoms with Crippen LogP contribution >= 0.6 is 0 Å². The highest BCUT2D eigenvalue weighted by Crippen LogP contribution is 2.54. The van der Waals surface area contributed by atoms with Crippen LogP contribution in [0, 0.1) is 0 Å². The van der Waals surface area contributed by atoms with E-state index in [0.29, 0.717) is 0 Å². The van der Waals surface area contributed by atoms with Gasteiger partial charge in [-0.3, -0.25) is 0 Å². The standard InChI is InChI=1S/C61H41NO/c1-61(2)55-23-13-12-21-49(55)50-33-30-43(37-56(50)61)62(42-28-24-39(25-29-42)38-14-4-3-5-15-38)59-44(34-35-53-48-20-9-8-18-46(48)47-19-10-11-22-52(47)58(53)59)41-27-31-51-54-32-26-40-16-6-7-17-45(40)60(54)63-57(51)36-41/h3-37H,1-2H3. The van der Waals surface area contributed by atoms with Gasteiger partial charge in [0.2, 0.25) is 0 Å². The molecule has 1 heterocycles. The summed E-state index contributed by atoms with van der Waals surface area (Å²) in [6.45, 7) is 4.74. The van der Waals surface area contributed by atoms with Crippen LogP contribution in [0.15, 0.2) is 217 Å². The van der Waals surface area contributed by atoms with Crippen molar-refractivity contribution in [1.82, 2.24) is 0 Å². The molecule has 1 aliphatic carbocycles. The molecular weight excluding hydrogens is 763 g/mol. The van der Waals surface area contributed by atoms with Crippen LogP contribution in [0.2, 0.25) is 0 Å². The predicted octanol–water partition coefficient (Wildman–Crippen LogP) is 17.3. The zero-order valence-electron chi connectivity index (χ0n) is 35.1. The van der Waals surface area contributed by atoms with Crippen molar-refractivity contribution < 1.29 is 4.42 Å². The van der Waals surface area contributed by atoms with Crippen molar-refractivity contribution in [3.8, 4) is 33.4 Å². The summed E-state index contributed by atoms with van der Waals surface area (Å²) < 4.78 is 6.86. The monoisotopic (exact) mass is 803 g/mol. The molecule has 0 fully saturated rings. The first-order valence-electron chi connectivity index (χ1n) is 21.9. The molecule has 0 amide bonds. The molecule has 63 heavy (non-hydrogen) atoms. The van der Waals surface area contributed by atoms with E-state index in [0.717, 1.165) is 55.5 Å². The maximum absolute atomic E-state index is 6.86. The molecule has 0 radical (unpaired) electrons. The van der Waals surface area contributed by atoms with Crippen molar-refractivity contribution in [2.45, 2.75) is 19.3 Å². The summed E-state index contributed by atoms with van der Waals surface area (Å²) in [4.78, 5) is 2.53. The molecule has 13 rings (SSSR count). The lowest BCUT2D eigenvalue weighted by Crippen LogP contribution is -2.17. The average molecular weight is 804 g/mol. The summed E-state index contributed by atoms with van der Waals surface area (Å²) in [5.74, 6) is 0. The SMILES string of the molecule is CC1(C)c2ccccc2-c2ccc(N(c3ccc(-c4ccccc4)cc3)c3c(-c4ccc5c(c4)oc4c6ccccc6ccc54)ccc4c5ccccc5c5ccccc5c34)cc21. The number of hydrogen-bond acceptors (Lipinski definition) is 2. The van der Waals surface area contributed by atoms with E-state index in [4.69, 9.17) is 4.42 Å². The second kappa shape index (κ2) is 13.5. The van der Waals surface area contributed by atoms with Gasteiger partial charge in [0, 0.05) is 43.9 Å². The Morgan fingerprint density at radius 3 is 1.71 bits per heavy atom. The molecule has 0 aliphatic heterocycles. The summed E-state index contributed by atoms with van der Waals surface area (Å²) in [5.41, 5.74) is 14.9. The van der Waals surface area contributed by atoms with Crippen LogP contribution < -0.4 is 4.90 Å². The third-order valence-corrected chi connectivity index (χ3v) is 13.8. The number of nitrogens with zero attached hydrogens (tertiary/aromatic N) is 1. The normalized spacial score (nSPS) is 13.0. The Morgan fingerprint density at radius 2 is 0.921 bits per heavy atom. The predicted molar refractivity (Wildman–Crippen MR) is 267 cm³/mol. The molecule has 0 atom stereocenters. The van der Waals surface area contributed by atoms with Crippen LogP contribution in [-0.4, -0.2) is 0 Å². The molecule has 0 saturated carbocycles. The van der Waals surface area contributed by atoms with Gasteiger partial charge in [-0.25, -0.2) is 0 Å². The Balaban J connectivity index is 1.14. The van der Waals surface area contributed by atoms with E-state index >= 15 is 0 Å². The van der Waals surface area contributed by atoms with Gasteiger partial charge < -0.3 is 9.32 Å². The number of fused-ring (bicyclic) bond motifs is 14. The van der Waals surface area contributed by atoms with Gasteiger partial charge in [0.25, 0.3) is 0 Å². The Bertz CT molecular complexity index is 3780. The van der Waals surface area contributed by atoms with Gasteiger partial charge in [0.1, 0.15) is 11.2 Å². The Kier molecular flexibility index (Phi) is 7.68. The first kappa shape index (κ1) is 35.8. The fraction of sp³-hybridized carbons (Fsp3) is 0.0492. The zero-order chi connectivity index (χ0) is 41.8. The van der Waals surface area contributed by atoms with Crippen molar-refractivity contribution in [3.63, 3.8) is 0 Å². The summed E-state index contributed by atoms with van der Waals surface area (Å²) in [6.07, 6.45) is 0. The molecule has 0 spiro atoms.